The van der Waals surface area contributed by atoms with E-state index in [9.17, 15) is 9.59 Å². The van der Waals surface area contributed by atoms with Crippen molar-refractivity contribution < 1.29 is 19.1 Å². The van der Waals surface area contributed by atoms with Crippen molar-refractivity contribution in [3.63, 3.8) is 0 Å². The molecule has 1 aromatic heterocycles. The summed E-state index contributed by atoms with van der Waals surface area (Å²) in [4.78, 5) is 26.1. The van der Waals surface area contributed by atoms with Gasteiger partial charge < -0.3 is 14.4 Å². The molecule has 1 aliphatic rings. The average molecular weight is 353 g/mol. The fourth-order valence-corrected chi connectivity index (χ4v) is 3.47. The molecule has 134 valence electrons. The van der Waals surface area contributed by atoms with Gasteiger partial charge in [-0.1, -0.05) is 13.8 Å². The minimum absolute atomic E-state index is 0.113. The first-order valence-electron chi connectivity index (χ1n) is 8.58. The summed E-state index contributed by atoms with van der Waals surface area (Å²) in [5.74, 6) is -0.0798. The van der Waals surface area contributed by atoms with E-state index >= 15 is 0 Å². The van der Waals surface area contributed by atoms with Crippen molar-refractivity contribution in [1.29, 1.82) is 0 Å². The zero-order valence-corrected chi connectivity index (χ0v) is 15.5. The van der Waals surface area contributed by atoms with Crippen molar-refractivity contribution in [1.82, 2.24) is 4.90 Å². The highest BCUT2D eigenvalue weighted by Crippen LogP contribution is 2.32. The van der Waals surface area contributed by atoms with Gasteiger partial charge in [0.2, 0.25) is 0 Å². The summed E-state index contributed by atoms with van der Waals surface area (Å²) in [6, 6.07) is 2.17. The number of amides is 1. The molecule has 1 fully saturated rings. The van der Waals surface area contributed by atoms with Crippen LogP contribution in [-0.4, -0.2) is 42.6 Å². The SMILES string of the molecule is CC(C)CCOC(C)C(=O)OCC(=O)N1CCCC1c1ccsc1. The molecule has 0 N–H and O–H groups in total. The predicted molar refractivity (Wildman–Crippen MR) is 93.8 cm³/mol. The maximum absolute atomic E-state index is 12.4. The van der Waals surface area contributed by atoms with Gasteiger partial charge in [0.1, 0.15) is 0 Å². The summed E-state index contributed by atoms with van der Waals surface area (Å²) in [7, 11) is 0. The largest absolute Gasteiger partial charge is 0.454 e. The summed E-state index contributed by atoms with van der Waals surface area (Å²) < 4.78 is 10.6. The second-order valence-corrected chi connectivity index (χ2v) is 7.39. The van der Waals surface area contributed by atoms with Crippen LogP contribution in [0, 0.1) is 5.92 Å². The molecule has 1 aromatic rings. The monoisotopic (exact) mass is 353 g/mol. The summed E-state index contributed by atoms with van der Waals surface area (Å²) in [5, 5.41) is 4.10. The zero-order valence-electron chi connectivity index (χ0n) is 14.7. The number of ether oxygens (including phenoxy) is 2. The summed E-state index contributed by atoms with van der Waals surface area (Å²) in [6.07, 6.45) is 2.20. The number of nitrogens with zero attached hydrogens (tertiary/aromatic N) is 1. The third-order valence-corrected chi connectivity index (χ3v) is 4.94. The molecule has 0 aliphatic carbocycles. The summed E-state index contributed by atoms with van der Waals surface area (Å²) in [5.41, 5.74) is 1.17. The Morgan fingerprint density at radius 2 is 2.17 bits per heavy atom. The number of carbonyl (C=O) groups excluding carboxylic acids is 2. The van der Waals surface area contributed by atoms with Crippen LogP contribution in [0.25, 0.3) is 0 Å². The number of rotatable bonds is 8. The Morgan fingerprint density at radius 1 is 1.38 bits per heavy atom. The quantitative estimate of drug-likeness (QED) is 0.672. The van der Waals surface area contributed by atoms with Crippen molar-refractivity contribution >= 4 is 23.2 Å². The van der Waals surface area contributed by atoms with Gasteiger partial charge in [-0.2, -0.15) is 11.3 Å². The highest BCUT2D eigenvalue weighted by atomic mass is 32.1. The van der Waals surface area contributed by atoms with Crippen molar-refractivity contribution in [3.05, 3.63) is 22.4 Å². The minimum Gasteiger partial charge on any atom is -0.454 e. The molecule has 0 aromatic carbocycles. The van der Waals surface area contributed by atoms with Crippen molar-refractivity contribution in [3.8, 4) is 0 Å². The average Bonchev–Trinajstić information content (AvgIpc) is 3.21. The molecular weight excluding hydrogens is 326 g/mol. The van der Waals surface area contributed by atoms with E-state index in [2.05, 4.69) is 25.3 Å². The lowest BCUT2D eigenvalue weighted by Gasteiger charge is -2.24. The third kappa shape index (κ3) is 5.31. The van der Waals surface area contributed by atoms with E-state index in [0.29, 0.717) is 12.5 Å². The molecule has 0 spiro atoms. The van der Waals surface area contributed by atoms with Crippen LogP contribution in [-0.2, 0) is 19.1 Å². The predicted octanol–water partition coefficient (Wildman–Crippen LogP) is 3.41. The van der Waals surface area contributed by atoms with Gasteiger partial charge in [0.15, 0.2) is 12.7 Å². The van der Waals surface area contributed by atoms with Gasteiger partial charge in [0.05, 0.1) is 6.04 Å². The van der Waals surface area contributed by atoms with E-state index in [1.807, 2.05) is 10.3 Å². The van der Waals surface area contributed by atoms with E-state index in [4.69, 9.17) is 9.47 Å². The lowest BCUT2D eigenvalue weighted by Crippen LogP contribution is -2.35. The highest BCUT2D eigenvalue weighted by Gasteiger charge is 2.31. The van der Waals surface area contributed by atoms with Gasteiger partial charge in [-0.05, 0) is 54.5 Å². The van der Waals surface area contributed by atoms with Crippen LogP contribution in [0.2, 0.25) is 0 Å². The smallest absolute Gasteiger partial charge is 0.335 e. The maximum atomic E-state index is 12.4. The highest BCUT2D eigenvalue weighted by molar-refractivity contribution is 7.07. The van der Waals surface area contributed by atoms with Gasteiger partial charge in [0, 0.05) is 13.2 Å². The minimum atomic E-state index is -0.636. The van der Waals surface area contributed by atoms with E-state index in [-0.39, 0.29) is 18.6 Å². The second-order valence-electron chi connectivity index (χ2n) is 6.61. The molecule has 2 rings (SSSR count). The fraction of sp³-hybridized carbons (Fsp3) is 0.667. The Hall–Kier alpha value is -1.40. The number of carbonyl (C=O) groups is 2. The fourth-order valence-electron chi connectivity index (χ4n) is 2.76. The Labute approximate surface area is 147 Å². The van der Waals surface area contributed by atoms with Crippen LogP contribution in [0.3, 0.4) is 0 Å². The number of likely N-dealkylation sites (tertiary alicyclic amines) is 1. The van der Waals surface area contributed by atoms with Gasteiger partial charge in [0.25, 0.3) is 5.91 Å². The lowest BCUT2D eigenvalue weighted by molar-refractivity contribution is -0.161. The van der Waals surface area contributed by atoms with Crippen LogP contribution in [0.4, 0.5) is 0 Å². The molecule has 0 saturated carbocycles. The van der Waals surface area contributed by atoms with E-state index < -0.39 is 12.1 Å². The van der Waals surface area contributed by atoms with Crippen molar-refractivity contribution in [2.24, 2.45) is 5.92 Å². The molecule has 1 amide bonds. The first kappa shape index (κ1) is 18.9. The van der Waals surface area contributed by atoms with Crippen molar-refractivity contribution in [2.45, 2.75) is 52.2 Å². The zero-order chi connectivity index (χ0) is 17.5. The molecule has 1 aliphatic heterocycles. The summed E-state index contributed by atoms with van der Waals surface area (Å²) in [6.45, 7) is 6.90. The van der Waals surface area contributed by atoms with Crippen molar-refractivity contribution in [2.75, 3.05) is 19.8 Å². The first-order valence-corrected chi connectivity index (χ1v) is 9.53. The molecule has 5 nitrogen and oxygen atoms in total. The second kappa shape index (κ2) is 9.18. The number of hydrogen-bond acceptors (Lipinski definition) is 5. The van der Waals surface area contributed by atoms with Gasteiger partial charge >= 0.3 is 5.97 Å². The maximum Gasteiger partial charge on any atom is 0.335 e. The Morgan fingerprint density at radius 3 is 2.83 bits per heavy atom. The Kier molecular flexibility index (Phi) is 7.24. The van der Waals surface area contributed by atoms with Crippen LogP contribution in [0.15, 0.2) is 16.8 Å². The standard InChI is InChI=1S/C18H27NO4S/c1-13(2)6-9-22-14(3)18(21)23-11-17(20)19-8-4-5-16(19)15-7-10-24-12-15/h7,10,12-14,16H,4-6,8-9,11H2,1-3H3. The van der Waals surface area contributed by atoms with Gasteiger partial charge in [-0.15, -0.1) is 0 Å². The molecule has 24 heavy (non-hydrogen) atoms. The Balaban J connectivity index is 1.76. The third-order valence-electron chi connectivity index (χ3n) is 4.23. The van der Waals surface area contributed by atoms with Crippen LogP contribution < -0.4 is 0 Å². The molecule has 2 unspecified atom stereocenters. The molecule has 0 bridgehead atoms. The molecule has 1 saturated heterocycles. The summed E-state index contributed by atoms with van der Waals surface area (Å²) >= 11 is 1.63. The first-order chi connectivity index (χ1) is 11.5. The van der Waals surface area contributed by atoms with Crippen LogP contribution >= 0.6 is 11.3 Å². The number of hydrogen-bond donors (Lipinski definition) is 0. The topological polar surface area (TPSA) is 55.8 Å². The van der Waals surface area contributed by atoms with Gasteiger partial charge in [-0.25, -0.2) is 4.79 Å². The van der Waals surface area contributed by atoms with E-state index in [1.54, 1.807) is 18.3 Å². The molecule has 0 radical (unpaired) electrons. The van der Waals surface area contributed by atoms with Crippen LogP contribution in [0.5, 0.6) is 0 Å². The molecule has 2 atom stereocenters. The molecular formula is C18H27NO4S. The normalized spacial score (nSPS) is 18.8. The number of thiophene rings is 1. The van der Waals surface area contributed by atoms with Gasteiger partial charge in [-0.3, -0.25) is 4.79 Å². The Bertz CT molecular complexity index is 529. The molecule has 2 heterocycles. The van der Waals surface area contributed by atoms with E-state index in [1.165, 1.54) is 5.56 Å². The van der Waals surface area contributed by atoms with E-state index in [0.717, 1.165) is 25.8 Å². The molecule has 6 heteroatoms. The number of esters is 1. The lowest BCUT2D eigenvalue weighted by atomic mass is 10.1. The van der Waals surface area contributed by atoms with Crippen LogP contribution in [0.1, 0.15) is 51.6 Å².